The topological polar surface area (TPSA) is 151 Å². The van der Waals surface area contributed by atoms with Crippen LogP contribution in [0.4, 0.5) is 5.69 Å². The third-order valence-electron chi connectivity index (χ3n) is 5.18. The largest absolute Gasteiger partial charge is 0.468 e. The molecule has 0 N–H and O–H groups in total. The van der Waals surface area contributed by atoms with Gasteiger partial charge in [-0.3, -0.25) is 24.3 Å². The molecule has 1 aliphatic heterocycles. The predicted molar refractivity (Wildman–Crippen MR) is 112 cm³/mol. The van der Waals surface area contributed by atoms with Crippen LogP contribution < -0.4 is 11.2 Å². The van der Waals surface area contributed by atoms with E-state index in [1.54, 1.807) is 6.08 Å². The lowest BCUT2D eigenvalue weighted by Crippen LogP contribution is -2.48. The zero-order valence-corrected chi connectivity index (χ0v) is 18.2. The smallest absolute Gasteiger partial charge is 0.330 e. The Morgan fingerprint density at radius 2 is 1.81 bits per heavy atom. The molecule has 32 heavy (non-hydrogen) atoms. The highest BCUT2D eigenvalue weighted by Crippen LogP contribution is 2.29. The fourth-order valence-corrected chi connectivity index (χ4v) is 4.98. The molecule has 0 saturated heterocycles. The van der Waals surface area contributed by atoms with Crippen molar-refractivity contribution in [1.29, 1.82) is 0 Å². The molecule has 170 valence electrons. The van der Waals surface area contributed by atoms with E-state index in [0.717, 1.165) is 40.2 Å². The van der Waals surface area contributed by atoms with Crippen molar-refractivity contribution >= 4 is 27.3 Å². The number of hydrogen-bond donors (Lipinski definition) is 0. The average molecular weight is 464 g/mol. The molecule has 0 fully saturated rings. The number of carbonyl (C=O) groups is 1. The van der Waals surface area contributed by atoms with E-state index >= 15 is 0 Å². The first-order valence-electron chi connectivity index (χ1n) is 9.29. The van der Waals surface area contributed by atoms with Crippen LogP contribution in [0.15, 0.2) is 51.0 Å². The van der Waals surface area contributed by atoms with Gasteiger partial charge < -0.3 is 9.30 Å². The molecule has 1 aromatic heterocycles. The van der Waals surface area contributed by atoms with Gasteiger partial charge in [0.05, 0.1) is 22.5 Å². The van der Waals surface area contributed by atoms with Gasteiger partial charge in [0.2, 0.25) is 10.0 Å². The summed E-state index contributed by atoms with van der Waals surface area (Å²) in [6.07, 6.45) is 2.80. The third-order valence-corrected chi connectivity index (χ3v) is 7.05. The van der Waals surface area contributed by atoms with Crippen LogP contribution in [-0.2, 0) is 33.7 Å². The highest BCUT2D eigenvalue weighted by molar-refractivity contribution is 7.89. The lowest BCUT2D eigenvalue weighted by atomic mass is 10.0. The summed E-state index contributed by atoms with van der Waals surface area (Å²) in [6.45, 7) is -0.341. The van der Waals surface area contributed by atoms with Crippen molar-refractivity contribution in [3.63, 3.8) is 0 Å². The molecule has 13 heteroatoms. The van der Waals surface area contributed by atoms with E-state index in [0.29, 0.717) is 5.57 Å². The second-order valence-electron chi connectivity index (χ2n) is 7.11. The number of rotatable bonds is 5. The molecule has 1 aliphatic rings. The SMILES string of the molecule is COC(=O)C1CC=C(c2cn(C)c(=O)n(C)c2=O)CN1S(=O)(=O)c1ccc([N+](=O)[O-])cc1. The summed E-state index contributed by atoms with van der Waals surface area (Å²) < 4.78 is 34.4. The first-order valence-corrected chi connectivity index (χ1v) is 10.7. The molecule has 0 aliphatic carbocycles. The maximum absolute atomic E-state index is 13.3. The van der Waals surface area contributed by atoms with Gasteiger partial charge in [0, 0.05) is 39.0 Å². The van der Waals surface area contributed by atoms with Crippen molar-refractivity contribution in [3.05, 3.63) is 73.1 Å². The van der Waals surface area contributed by atoms with E-state index in [-0.39, 0.29) is 29.1 Å². The number of aryl methyl sites for hydroxylation is 1. The van der Waals surface area contributed by atoms with E-state index in [1.807, 2.05) is 0 Å². The molecule has 0 radical (unpaired) electrons. The Morgan fingerprint density at radius 1 is 1.19 bits per heavy atom. The summed E-state index contributed by atoms with van der Waals surface area (Å²) >= 11 is 0. The lowest BCUT2D eigenvalue weighted by molar-refractivity contribution is -0.384. The van der Waals surface area contributed by atoms with Gasteiger partial charge in [-0.1, -0.05) is 6.08 Å². The number of non-ortho nitro benzene ring substituents is 1. The number of hydrogen-bond acceptors (Lipinski definition) is 8. The van der Waals surface area contributed by atoms with Crippen molar-refractivity contribution < 1.29 is 22.9 Å². The highest BCUT2D eigenvalue weighted by atomic mass is 32.2. The van der Waals surface area contributed by atoms with Gasteiger partial charge in [-0.15, -0.1) is 0 Å². The van der Waals surface area contributed by atoms with Gasteiger partial charge in [-0.25, -0.2) is 13.2 Å². The molecule has 0 bridgehead atoms. The first-order chi connectivity index (χ1) is 15.0. The van der Waals surface area contributed by atoms with Crippen LogP contribution in [0.25, 0.3) is 5.57 Å². The maximum Gasteiger partial charge on any atom is 0.330 e. The summed E-state index contributed by atoms with van der Waals surface area (Å²) in [4.78, 5) is 46.9. The number of ether oxygens (including phenoxy) is 1. The summed E-state index contributed by atoms with van der Waals surface area (Å²) in [6, 6.07) is 3.04. The molecule has 0 saturated carbocycles. The number of esters is 1. The van der Waals surface area contributed by atoms with Crippen LogP contribution in [0.5, 0.6) is 0 Å². The van der Waals surface area contributed by atoms with Gasteiger partial charge in [0.15, 0.2) is 0 Å². The van der Waals surface area contributed by atoms with Crippen molar-refractivity contribution in [2.45, 2.75) is 17.4 Å². The molecule has 2 heterocycles. The van der Waals surface area contributed by atoms with Crippen LogP contribution >= 0.6 is 0 Å². The Morgan fingerprint density at radius 3 is 2.38 bits per heavy atom. The Bertz CT molecular complexity index is 1340. The number of nitro benzene ring substituents is 1. The van der Waals surface area contributed by atoms with E-state index in [2.05, 4.69) is 0 Å². The summed E-state index contributed by atoms with van der Waals surface area (Å²) in [5, 5.41) is 10.9. The van der Waals surface area contributed by atoms with Gasteiger partial charge >= 0.3 is 11.7 Å². The minimum Gasteiger partial charge on any atom is -0.468 e. The molecule has 2 aromatic rings. The fraction of sp³-hybridized carbons (Fsp3) is 0.316. The van der Waals surface area contributed by atoms with Crippen LogP contribution in [0.1, 0.15) is 12.0 Å². The monoisotopic (exact) mass is 464 g/mol. The number of sulfonamides is 1. The number of aromatic nitrogens is 2. The van der Waals surface area contributed by atoms with Crippen molar-refractivity contribution in [2.24, 2.45) is 14.1 Å². The van der Waals surface area contributed by atoms with Crippen molar-refractivity contribution in [1.82, 2.24) is 13.4 Å². The van der Waals surface area contributed by atoms with Gasteiger partial charge in [-0.05, 0) is 24.1 Å². The van der Waals surface area contributed by atoms with Crippen molar-refractivity contribution in [2.75, 3.05) is 13.7 Å². The van der Waals surface area contributed by atoms with Crippen LogP contribution in [0.2, 0.25) is 0 Å². The maximum atomic E-state index is 13.3. The van der Waals surface area contributed by atoms with Gasteiger partial charge in [0.1, 0.15) is 6.04 Å². The quantitative estimate of drug-likeness (QED) is 0.341. The normalized spacial score (nSPS) is 17.0. The zero-order chi connectivity index (χ0) is 23.8. The Balaban J connectivity index is 2.10. The van der Waals surface area contributed by atoms with E-state index < -0.39 is 38.2 Å². The molecular formula is C19H20N4O8S. The second-order valence-corrected chi connectivity index (χ2v) is 9.00. The Labute approximate surface area is 182 Å². The summed E-state index contributed by atoms with van der Waals surface area (Å²) in [7, 11) is -0.412. The molecule has 1 aromatic carbocycles. The zero-order valence-electron chi connectivity index (χ0n) is 17.4. The molecule has 0 spiro atoms. The van der Waals surface area contributed by atoms with Crippen molar-refractivity contribution in [3.8, 4) is 0 Å². The summed E-state index contributed by atoms with van der Waals surface area (Å²) in [5.74, 6) is -0.792. The molecule has 3 rings (SSSR count). The van der Waals surface area contributed by atoms with Crippen LogP contribution in [0, 0.1) is 10.1 Å². The molecule has 12 nitrogen and oxygen atoms in total. The minimum absolute atomic E-state index is 0.0692. The number of nitro groups is 1. The van der Waals surface area contributed by atoms with E-state index in [4.69, 9.17) is 4.74 Å². The van der Waals surface area contributed by atoms with Gasteiger partial charge in [0.25, 0.3) is 11.2 Å². The van der Waals surface area contributed by atoms with E-state index in [1.165, 1.54) is 24.9 Å². The van der Waals surface area contributed by atoms with Crippen LogP contribution in [0.3, 0.4) is 0 Å². The second kappa shape index (κ2) is 8.51. The molecule has 0 amide bonds. The number of methoxy groups -OCH3 is 1. The standard InChI is InChI=1S/C19H20N4O8S/c1-20-11-15(17(24)21(2)19(20)26)12-4-9-16(18(25)31-3)22(10-12)32(29,30)14-7-5-13(6-8-14)23(27)28/h4-8,11,16H,9-10H2,1-3H3. The minimum atomic E-state index is -4.30. The highest BCUT2D eigenvalue weighted by Gasteiger charge is 2.39. The van der Waals surface area contributed by atoms with Crippen LogP contribution in [-0.4, -0.2) is 52.4 Å². The predicted octanol–water partition coefficient (Wildman–Crippen LogP) is 0.0118. The lowest BCUT2D eigenvalue weighted by Gasteiger charge is -2.32. The number of benzene rings is 1. The molecule has 1 atom stereocenters. The number of nitrogens with zero attached hydrogens (tertiary/aromatic N) is 4. The number of carbonyl (C=O) groups excluding carboxylic acids is 1. The first kappa shape index (κ1) is 23.1. The Hall–Kier alpha value is -3.58. The molecular weight excluding hydrogens is 444 g/mol. The van der Waals surface area contributed by atoms with Gasteiger partial charge in [-0.2, -0.15) is 4.31 Å². The Kier molecular flexibility index (Phi) is 6.14. The fourth-order valence-electron chi connectivity index (χ4n) is 3.42. The molecule has 1 unspecified atom stereocenters. The van der Waals surface area contributed by atoms with E-state index in [9.17, 15) is 32.9 Å². The average Bonchev–Trinajstić information content (AvgIpc) is 2.79. The third kappa shape index (κ3) is 3.99. The summed E-state index contributed by atoms with van der Waals surface area (Å²) in [5.41, 5.74) is -1.02.